The van der Waals surface area contributed by atoms with Crippen LogP contribution in [0.15, 0.2) is 0 Å². The van der Waals surface area contributed by atoms with E-state index in [0.29, 0.717) is 0 Å². The van der Waals surface area contributed by atoms with E-state index in [-0.39, 0.29) is 6.42 Å². The number of piperidine rings is 1. The third kappa shape index (κ3) is 3.74. The third-order valence-corrected chi connectivity index (χ3v) is 2.99. The number of nitrogens with one attached hydrogen (secondary N) is 1. The zero-order valence-corrected chi connectivity index (χ0v) is 9.50. The molecular formula is C9H9F6NO4. The Morgan fingerprint density at radius 1 is 1.05 bits per heavy atom. The molecule has 0 unspecified atom stereocenters. The number of fused-ring (bicyclic) bond motifs is 1. The minimum absolute atomic E-state index is 0.101. The summed E-state index contributed by atoms with van der Waals surface area (Å²) < 4.78 is 68.0. The van der Waals surface area contributed by atoms with Gasteiger partial charge in [-0.3, -0.25) is 4.79 Å². The molecule has 20 heavy (non-hydrogen) atoms. The highest BCUT2D eigenvalue weighted by molar-refractivity contribution is 5.74. The van der Waals surface area contributed by atoms with Crippen LogP contribution in [-0.4, -0.2) is 46.6 Å². The summed E-state index contributed by atoms with van der Waals surface area (Å²) in [5.74, 6) is -5.65. The maximum absolute atomic E-state index is 12.1. The number of carbonyl (C=O) groups is 2. The molecule has 1 aliphatic carbocycles. The van der Waals surface area contributed by atoms with Gasteiger partial charge in [-0.1, -0.05) is 0 Å². The standard InChI is InChI=1S/C7H8F3NO2.C2HF3O2/c8-7(9,10)4-2-1-3(6(12)13)11-5(2)4;3-2(4,5)1(6)7/h2-5,11H,1H2,(H,12,13);(H,6,7)/t2-,3-,4+,5-;/m0./s1. The molecule has 2 rings (SSSR count). The molecule has 11 heteroatoms. The minimum Gasteiger partial charge on any atom is -0.480 e. The van der Waals surface area contributed by atoms with Crippen LogP contribution in [0.5, 0.6) is 0 Å². The molecule has 0 spiro atoms. The van der Waals surface area contributed by atoms with Crippen molar-refractivity contribution < 1.29 is 46.1 Å². The molecule has 3 N–H and O–H groups in total. The summed E-state index contributed by atoms with van der Waals surface area (Å²) in [6, 6.07) is -1.44. The van der Waals surface area contributed by atoms with Gasteiger partial charge in [0, 0.05) is 6.04 Å². The van der Waals surface area contributed by atoms with Crippen LogP contribution in [0, 0.1) is 11.8 Å². The van der Waals surface area contributed by atoms with Crippen LogP contribution in [0.3, 0.4) is 0 Å². The van der Waals surface area contributed by atoms with E-state index < -0.39 is 48.2 Å². The molecule has 4 atom stereocenters. The van der Waals surface area contributed by atoms with E-state index in [2.05, 4.69) is 5.32 Å². The maximum atomic E-state index is 12.1. The van der Waals surface area contributed by atoms with Crippen molar-refractivity contribution in [1.29, 1.82) is 0 Å². The number of rotatable bonds is 1. The minimum atomic E-state index is -5.08. The largest absolute Gasteiger partial charge is 0.490 e. The summed E-state index contributed by atoms with van der Waals surface area (Å²) in [5, 5.41) is 18.1. The molecule has 0 amide bonds. The third-order valence-electron chi connectivity index (χ3n) is 2.99. The Morgan fingerprint density at radius 2 is 1.50 bits per heavy atom. The molecule has 2 aliphatic rings. The molecular weight excluding hydrogens is 300 g/mol. The number of carboxylic acid groups (broad SMARTS) is 2. The lowest BCUT2D eigenvalue weighted by molar-refractivity contribution is -0.192. The fourth-order valence-electron chi connectivity index (χ4n) is 2.09. The highest BCUT2D eigenvalue weighted by Crippen LogP contribution is 2.55. The fraction of sp³-hybridized carbons (Fsp3) is 0.778. The van der Waals surface area contributed by atoms with E-state index in [4.69, 9.17) is 15.0 Å². The second kappa shape index (κ2) is 5.11. The molecule has 0 aromatic carbocycles. The van der Waals surface area contributed by atoms with Crippen molar-refractivity contribution in [2.24, 2.45) is 11.8 Å². The average Bonchev–Trinajstić information content (AvgIpc) is 2.75. The first-order valence-corrected chi connectivity index (χ1v) is 5.21. The molecule has 116 valence electrons. The monoisotopic (exact) mass is 309 g/mol. The first-order chi connectivity index (χ1) is 8.85. The molecule has 0 aromatic heterocycles. The Morgan fingerprint density at radius 3 is 1.70 bits per heavy atom. The van der Waals surface area contributed by atoms with Crippen LogP contribution in [-0.2, 0) is 9.59 Å². The number of alkyl halides is 6. The van der Waals surface area contributed by atoms with E-state index in [1.165, 1.54) is 0 Å². The zero-order chi connectivity index (χ0) is 15.9. The van der Waals surface area contributed by atoms with E-state index >= 15 is 0 Å². The molecule has 5 nitrogen and oxygen atoms in total. The highest BCUT2D eigenvalue weighted by atomic mass is 19.4. The molecule has 1 saturated heterocycles. The predicted octanol–water partition coefficient (Wildman–Crippen LogP) is 1.24. The van der Waals surface area contributed by atoms with Crippen LogP contribution in [0.4, 0.5) is 26.3 Å². The van der Waals surface area contributed by atoms with E-state index in [9.17, 15) is 31.1 Å². The van der Waals surface area contributed by atoms with Gasteiger partial charge in [0.25, 0.3) is 0 Å². The van der Waals surface area contributed by atoms with E-state index in [1.807, 2.05) is 0 Å². The Labute approximate surface area is 107 Å². The van der Waals surface area contributed by atoms with Gasteiger partial charge < -0.3 is 15.5 Å². The zero-order valence-electron chi connectivity index (χ0n) is 9.50. The number of aliphatic carboxylic acids is 2. The van der Waals surface area contributed by atoms with Crippen molar-refractivity contribution in [1.82, 2.24) is 5.32 Å². The lowest BCUT2D eigenvalue weighted by atomic mass is 10.1. The summed E-state index contributed by atoms with van der Waals surface area (Å²) in [5.41, 5.74) is 0. The van der Waals surface area contributed by atoms with Crippen LogP contribution >= 0.6 is 0 Å². The smallest absolute Gasteiger partial charge is 0.480 e. The second-order valence-corrected chi connectivity index (χ2v) is 4.35. The number of carboxylic acids is 2. The first-order valence-electron chi connectivity index (χ1n) is 5.21. The van der Waals surface area contributed by atoms with Gasteiger partial charge in [-0.2, -0.15) is 26.3 Å². The van der Waals surface area contributed by atoms with E-state index in [0.717, 1.165) is 0 Å². The highest BCUT2D eigenvalue weighted by Gasteiger charge is 2.68. The lowest BCUT2D eigenvalue weighted by Crippen LogP contribution is -2.37. The van der Waals surface area contributed by atoms with Gasteiger partial charge in [-0.05, 0) is 12.3 Å². The van der Waals surface area contributed by atoms with Crippen molar-refractivity contribution in [3.63, 3.8) is 0 Å². The molecule has 0 radical (unpaired) electrons. The van der Waals surface area contributed by atoms with Crippen molar-refractivity contribution in [3.8, 4) is 0 Å². The van der Waals surface area contributed by atoms with E-state index in [1.54, 1.807) is 0 Å². The summed E-state index contributed by atoms with van der Waals surface area (Å²) in [6.07, 6.45) is -9.16. The quantitative estimate of drug-likeness (QED) is 0.635. The Hall–Kier alpha value is -1.52. The average molecular weight is 309 g/mol. The Kier molecular flexibility index (Phi) is 4.22. The van der Waals surface area contributed by atoms with Crippen LogP contribution in [0.25, 0.3) is 0 Å². The van der Waals surface area contributed by atoms with Crippen LogP contribution in [0.1, 0.15) is 6.42 Å². The number of hydrogen-bond donors (Lipinski definition) is 3. The normalized spacial score (nSPS) is 31.9. The maximum Gasteiger partial charge on any atom is 0.490 e. The molecule has 1 saturated carbocycles. The van der Waals surface area contributed by atoms with Crippen molar-refractivity contribution in [2.45, 2.75) is 30.9 Å². The summed E-state index contributed by atoms with van der Waals surface area (Å²) in [4.78, 5) is 19.3. The first kappa shape index (κ1) is 16.5. The SMILES string of the molecule is O=C(O)C(F)(F)F.O=C(O)[C@@H]1C[C@@H]2[C@H](N1)[C@@H]2C(F)(F)F. The Balaban J connectivity index is 0.000000246. The lowest BCUT2D eigenvalue weighted by Gasteiger charge is -2.12. The summed E-state index contributed by atoms with van der Waals surface area (Å²) in [7, 11) is 0. The van der Waals surface area contributed by atoms with Gasteiger partial charge in [0.2, 0.25) is 0 Å². The molecule has 1 aliphatic heterocycles. The number of halogens is 6. The topological polar surface area (TPSA) is 86.6 Å². The second-order valence-electron chi connectivity index (χ2n) is 4.35. The molecule has 2 fully saturated rings. The predicted molar refractivity (Wildman–Crippen MR) is 49.7 cm³/mol. The van der Waals surface area contributed by atoms with Gasteiger partial charge >= 0.3 is 24.3 Å². The fourth-order valence-corrected chi connectivity index (χ4v) is 2.09. The molecule has 0 aromatic rings. The van der Waals surface area contributed by atoms with Gasteiger partial charge in [0.05, 0.1) is 5.92 Å². The van der Waals surface area contributed by atoms with Crippen molar-refractivity contribution in [3.05, 3.63) is 0 Å². The van der Waals surface area contributed by atoms with Crippen LogP contribution < -0.4 is 5.32 Å². The van der Waals surface area contributed by atoms with Gasteiger partial charge in [0.1, 0.15) is 6.04 Å². The van der Waals surface area contributed by atoms with Gasteiger partial charge in [-0.25, -0.2) is 4.79 Å². The van der Waals surface area contributed by atoms with Crippen molar-refractivity contribution in [2.75, 3.05) is 0 Å². The summed E-state index contributed by atoms with van der Waals surface area (Å²) in [6.45, 7) is 0. The summed E-state index contributed by atoms with van der Waals surface area (Å²) >= 11 is 0. The van der Waals surface area contributed by atoms with Crippen molar-refractivity contribution >= 4 is 11.9 Å². The van der Waals surface area contributed by atoms with Crippen LogP contribution in [0.2, 0.25) is 0 Å². The molecule has 0 bridgehead atoms. The Bertz CT molecular complexity index is 394. The van der Waals surface area contributed by atoms with Gasteiger partial charge in [0.15, 0.2) is 0 Å². The van der Waals surface area contributed by atoms with Gasteiger partial charge in [-0.15, -0.1) is 0 Å². The number of hydrogen-bond acceptors (Lipinski definition) is 3. The molecule has 1 heterocycles.